The number of nitrogens with one attached hydrogen (secondary N) is 2. The zero-order chi connectivity index (χ0) is 21.0. The Labute approximate surface area is 184 Å². The zero-order valence-corrected chi connectivity index (χ0v) is 17.4. The highest BCUT2D eigenvalue weighted by Gasteiger charge is 2.08. The Bertz CT molecular complexity index is 1330. The molecule has 0 radical (unpaired) electrons. The lowest BCUT2D eigenvalue weighted by molar-refractivity contribution is 0.894. The van der Waals surface area contributed by atoms with Crippen molar-refractivity contribution in [2.75, 3.05) is 23.7 Å². The second-order valence-corrected chi connectivity index (χ2v) is 7.52. The van der Waals surface area contributed by atoms with Crippen LogP contribution < -0.4 is 10.6 Å². The van der Waals surface area contributed by atoms with E-state index in [2.05, 4.69) is 25.6 Å². The molecule has 2 aromatic carbocycles. The highest BCUT2D eigenvalue weighted by molar-refractivity contribution is 6.31. The molecule has 0 aliphatic rings. The Hall–Kier alpha value is -3.71. The summed E-state index contributed by atoms with van der Waals surface area (Å²) in [6.07, 6.45) is 7.96. The van der Waals surface area contributed by atoms with Gasteiger partial charge in [0.15, 0.2) is 0 Å². The van der Waals surface area contributed by atoms with Crippen LogP contribution in [-0.2, 0) is 0 Å². The van der Waals surface area contributed by atoms with Gasteiger partial charge in [-0.2, -0.15) is 4.98 Å². The largest absolute Gasteiger partial charge is 0.384 e. The van der Waals surface area contributed by atoms with Crippen molar-refractivity contribution in [3.63, 3.8) is 0 Å². The fraction of sp³-hybridized carbons (Fsp3) is 0.130. The predicted molar refractivity (Wildman–Crippen MR) is 125 cm³/mol. The molecule has 3 heterocycles. The van der Waals surface area contributed by atoms with E-state index in [1.54, 1.807) is 23.3 Å². The van der Waals surface area contributed by atoms with E-state index in [-0.39, 0.29) is 0 Å². The first kappa shape index (κ1) is 19.3. The van der Waals surface area contributed by atoms with Crippen molar-refractivity contribution >= 4 is 44.9 Å². The standard InChI is InChI=1S/C23H20ClN7/c24-16-6-7-17-19(8-11-27-21(17)14-16)26-9-3-10-28-22-18-4-1-2-5-20(18)29-23(30-22)31-13-12-25-15-31/h1-2,4-8,11-15H,3,9-10H2,(H,26,27)(H,28,29,30). The monoisotopic (exact) mass is 429 g/mol. The first-order valence-corrected chi connectivity index (χ1v) is 10.4. The van der Waals surface area contributed by atoms with Crippen LogP contribution in [0.5, 0.6) is 0 Å². The van der Waals surface area contributed by atoms with E-state index in [0.29, 0.717) is 11.0 Å². The minimum atomic E-state index is 0.596. The molecule has 0 aliphatic heterocycles. The Morgan fingerprint density at radius 2 is 1.77 bits per heavy atom. The second-order valence-electron chi connectivity index (χ2n) is 7.09. The lowest BCUT2D eigenvalue weighted by Crippen LogP contribution is -2.12. The summed E-state index contributed by atoms with van der Waals surface area (Å²) in [5.74, 6) is 1.41. The molecule has 0 unspecified atom stereocenters. The molecule has 0 aliphatic carbocycles. The van der Waals surface area contributed by atoms with Crippen LogP contribution in [0.2, 0.25) is 5.02 Å². The number of nitrogens with zero attached hydrogens (tertiary/aromatic N) is 5. The van der Waals surface area contributed by atoms with Crippen molar-refractivity contribution in [3.05, 3.63) is 78.5 Å². The maximum Gasteiger partial charge on any atom is 0.237 e. The predicted octanol–water partition coefficient (Wildman–Crippen LogP) is 4.93. The molecule has 5 rings (SSSR count). The van der Waals surface area contributed by atoms with Gasteiger partial charge in [0, 0.05) is 53.2 Å². The van der Waals surface area contributed by atoms with Gasteiger partial charge in [-0.1, -0.05) is 23.7 Å². The van der Waals surface area contributed by atoms with Gasteiger partial charge in [0.05, 0.1) is 11.0 Å². The quantitative estimate of drug-likeness (QED) is 0.357. The van der Waals surface area contributed by atoms with Crippen LogP contribution in [0.15, 0.2) is 73.4 Å². The van der Waals surface area contributed by atoms with Crippen molar-refractivity contribution in [2.24, 2.45) is 0 Å². The number of anilines is 2. The molecule has 0 amide bonds. The third kappa shape index (κ3) is 4.13. The average Bonchev–Trinajstić information content (AvgIpc) is 3.33. The molecule has 8 heteroatoms. The molecule has 5 aromatic rings. The average molecular weight is 430 g/mol. The topological polar surface area (TPSA) is 80.5 Å². The summed E-state index contributed by atoms with van der Waals surface area (Å²) >= 11 is 6.08. The molecule has 3 aromatic heterocycles. The Morgan fingerprint density at radius 3 is 2.68 bits per heavy atom. The number of rotatable bonds is 7. The maximum atomic E-state index is 6.08. The van der Waals surface area contributed by atoms with Gasteiger partial charge < -0.3 is 10.6 Å². The smallest absolute Gasteiger partial charge is 0.237 e. The van der Waals surface area contributed by atoms with E-state index in [9.17, 15) is 0 Å². The van der Waals surface area contributed by atoms with Crippen LogP contribution in [0.3, 0.4) is 0 Å². The van der Waals surface area contributed by atoms with Crippen LogP contribution in [0.1, 0.15) is 6.42 Å². The number of benzene rings is 2. The highest BCUT2D eigenvalue weighted by atomic mass is 35.5. The number of pyridine rings is 1. The molecular formula is C23H20ClN7. The normalized spacial score (nSPS) is 11.1. The minimum Gasteiger partial charge on any atom is -0.384 e. The molecule has 0 bridgehead atoms. The van der Waals surface area contributed by atoms with Gasteiger partial charge in [-0.15, -0.1) is 0 Å². The van der Waals surface area contributed by atoms with Crippen LogP contribution >= 0.6 is 11.6 Å². The highest BCUT2D eigenvalue weighted by Crippen LogP contribution is 2.24. The molecule has 2 N–H and O–H groups in total. The van der Waals surface area contributed by atoms with Gasteiger partial charge >= 0.3 is 0 Å². The Morgan fingerprint density at radius 1 is 0.871 bits per heavy atom. The fourth-order valence-electron chi connectivity index (χ4n) is 3.49. The van der Waals surface area contributed by atoms with Crippen LogP contribution in [-0.4, -0.2) is 37.6 Å². The minimum absolute atomic E-state index is 0.596. The fourth-order valence-corrected chi connectivity index (χ4v) is 3.65. The van der Waals surface area contributed by atoms with Crippen molar-refractivity contribution in [3.8, 4) is 5.95 Å². The summed E-state index contributed by atoms with van der Waals surface area (Å²) in [6.45, 7) is 1.58. The number of hydrogen-bond acceptors (Lipinski definition) is 6. The van der Waals surface area contributed by atoms with E-state index in [1.165, 1.54) is 0 Å². The second kappa shape index (κ2) is 8.57. The molecule has 0 saturated carbocycles. The summed E-state index contributed by atoms with van der Waals surface area (Å²) in [7, 11) is 0. The van der Waals surface area contributed by atoms with Gasteiger partial charge in [0.25, 0.3) is 0 Å². The molecule has 0 fully saturated rings. The first-order chi connectivity index (χ1) is 15.3. The SMILES string of the molecule is Clc1ccc2c(NCCCNc3nc(-n4ccnc4)nc4ccccc34)ccnc2c1. The molecule has 31 heavy (non-hydrogen) atoms. The summed E-state index contributed by atoms with van der Waals surface area (Å²) in [4.78, 5) is 17.8. The number of para-hydroxylation sites is 1. The van der Waals surface area contributed by atoms with Gasteiger partial charge in [-0.25, -0.2) is 9.97 Å². The van der Waals surface area contributed by atoms with Crippen LogP contribution in [0, 0.1) is 0 Å². The molecule has 0 spiro atoms. The van der Waals surface area contributed by atoms with E-state index in [4.69, 9.17) is 16.6 Å². The number of halogens is 1. The van der Waals surface area contributed by atoms with Crippen LogP contribution in [0.25, 0.3) is 27.8 Å². The summed E-state index contributed by atoms with van der Waals surface area (Å²) in [5, 5.41) is 9.71. The third-order valence-electron chi connectivity index (χ3n) is 4.99. The zero-order valence-electron chi connectivity index (χ0n) is 16.7. The number of aromatic nitrogens is 5. The van der Waals surface area contributed by atoms with Crippen molar-refractivity contribution < 1.29 is 0 Å². The van der Waals surface area contributed by atoms with E-state index in [1.807, 2.05) is 54.7 Å². The Kier molecular flexibility index (Phi) is 5.33. The number of fused-ring (bicyclic) bond motifs is 2. The lowest BCUT2D eigenvalue weighted by atomic mass is 10.2. The summed E-state index contributed by atoms with van der Waals surface area (Å²) in [6, 6.07) is 15.7. The lowest BCUT2D eigenvalue weighted by Gasteiger charge is -2.12. The summed E-state index contributed by atoms with van der Waals surface area (Å²) < 4.78 is 1.81. The number of hydrogen-bond donors (Lipinski definition) is 2. The maximum absolute atomic E-state index is 6.08. The third-order valence-corrected chi connectivity index (χ3v) is 5.23. The van der Waals surface area contributed by atoms with Gasteiger partial charge in [-0.3, -0.25) is 9.55 Å². The van der Waals surface area contributed by atoms with Gasteiger partial charge in [0.2, 0.25) is 5.95 Å². The first-order valence-electron chi connectivity index (χ1n) is 10.0. The molecule has 0 saturated heterocycles. The molecule has 0 atom stereocenters. The van der Waals surface area contributed by atoms with Crippen LogP contribution in [0.4, 0.5) is 11.5 Å². The van der Waals surface area contributed by atoms with E-state index >= 15 is 0 Å². The van der Waals surface area contributed by atoms with E-state index < -0.39 is 0 Å². The van der Waals surface area contributed by atoms with Gasteiger partial charge in [0.1, 0.15) is 12.1 Å². The van der Waals surface area contributed by atoms with E-state index in [0.717, 1.165) is 52.8 Å². The number of imidazole rings is 1. The van der Waals surface area contributed by atoms with Gasteiger partial charge in [-0.05, 0) is 42.8 Å². The van der Waals surface area contributed by atoms with Crippen molar-refractivity contribution in [1.29, 1.82) is 0 Å². The summed E-state index contributed by atoms with van der Waals surface area (Å²) in [5.41, 5.74) is 2.83. The van der Waals surface area contributed by atoms with Crippen molar-refractivity contribution in [2.45, 2.75) is 6.42 Å². The molecule has 7 nitrogen and oxygen atoms in total. The molecule has 154 valence electrons. The Balaban J connectivity index is 1.27. The molecular weight excluding hydrogens is 410 g/mol. The van der Waals surface area contributed by atoms with Crippen molar-refractivity contribution in [1.82, 2.24) is 24.5 Å².